The second kappa shape index (κ2) is 6.10. The smallest absolute Gasteiger partial charge is 0.170 e. The Labute approximate surface area is 118 Å². The molecule has 0 saturated carbocycles. The molecule has 2 aromatic rings. The van der Waals surface area contributed by atoms with Crippen LogP contribution in [-0.4, -0.2) is 11.0 Å². The van der Waals surface area contributed by atoms with Crippen LogP contribution in [0.1, 0.15) is 22.3 Å². The fourth-order valence-electron chi connectivity index (χ4n) is 2.01. The third-order valence-electron chi connectivity index (χ3n) is 3.15. The zero-order valence-corrected chi connectivity index (χ0v) is 11.6. The number of benzene rings is 2. The molecule has 0 saturated heterocycles. The number of para-hydroxylation sites is 1. The summed E-state index contributed by atoms with van der Waals surface area (Å²) < 4.78 is 5.87. The Morgan fingerprint density at radius 3 is 2.25 bits per heavy atom. The van der Waals surface area contributed by atoms with Crippen LogP contribution in [0.2, 0.25) is 0 Å². The molecule has 20 heavy (non-hydrogen) atoms. The van der Waals surface area contributed by atoms with Crippen molar-refractivity contribution in [3.8, 4) is 5.75 Å². The van der Waals surface area contributed by atoms with Crippen molar-refractivity contribution in [2.75, 3.05) is 0 Å². The molecule has 0 fully saturated rings. The Morgan fingerprint density at radius 1 is 1.10 bits per heavy atom. The molecule has 2 rings (SSSR count). The van der Waals surface area contributed by atoms with Crippen molar-refractivity contribution in [3.63, 3.8) is 0 Å². The highest BCUT2D eigenvalue weighted by Crippen LogP contribution is 2.23. The minimum Gasteiger partial charge on any atom is -0.488 e. The molecular formula is C16H18N2O2. The molecule has 0 amide bonds. The largest absolute Gasteiger partial charge is 0.488 e. The number of oxime groups is 1. The van der Waals surface area contributed by atoms with Crippen molar-refractivity contribution in [1.82, 2.24) is 0 Å². The molecule has 0 aromatic heterocycles. The van der Waals surface area contributed by atoms with Crippen molar-refractivity contribution in [2.45, 2.75) is 20.5 Å². The number of amidine groups is 1. The van der Waals surface area contributed by atoms with Gasteiger partial charge in [0.05, 0.1) is 0 Å². The standard InChI is InChI=1S/C16H18N2O2/c1-11-4-3-5-12(2)15(11)20-10-13-6-8-14(9-7-13)16(17)18-19/h3-9,19H,10H2,1-2H3,(H2,17,18). The summed E-state index contributed by atoms with van der Waals surface area (Å²) in [5, 5.41) is 11.6. The molecule has 2 aromatic carbocycles. The summed E-state index contributed by atoms with van der Waals surface area (Å²) in [6.45, 7) is 4.55. The van der Waals surface area contributed by atoms with Gasteiger partial charge in [-0.2, -0.15) is 0 Å². The van der Waals surface area contributed by atoms with E-state index in [0.29, 0.717) is 12.2 Å². The van der Waals surface area contributed by atoms with E-state index < -0.39 is 0 Å². The SMILES string of the molecule is Cc1cccc(C)c1OCc1ccc(/C(N)=N/O)cc1. The van der Waals surface area contributed by atoms with E-state index in [1.54, 1.807) is 12.1 Å². The Bertz CT molecular complexity index is 599. The Morgan fingerprint density at radius 2 is 1.70 bits per heavy atom. The van der Waals surface area contributed by atoms with Crippen molar-refractivity contribution >= 4 is 5.84 Å². The normalized spacial score (nSPS) is 11.4. The lowest BCUT2D eigenvalue weighted by molar-refractivity contribution is 0.302. The van der Waals surface area contributed by atoms with Gasteiger partial charge in [-0.3, -0.25) is 0 Å². The number of aryl methyl sites for hydroxylation is 2. The number of ether oxygens (including phenoxy) is 1. The van der Waals surface area contributed by atoms with Gasteiger partial charge in [0, 0.05) is 5.56 Å². The average Bonchev–Trinajstić information content (AvgIpc) is 2.46. The van der Waals surface area contributed by atoms with Gasteiger partial charge >= 0.3 is 0 Å². The zero-order valence-electron chi connectivity index (χ0n) is 11.6. The van der Waals surface area contributed by atoms with E-state index in [2.05, 4.69) is 5.16 Å². The van der Waals surface area contributed by atoms with Crippen molar-refractivity contribution < 1.29 is 9.94 Å². The Balaban J connectivity index is 2.08. The fourth-order valence-corrected chi connectivity index (χ4v) is 2.01. The van der Waals surface area contributed by atoms with Crippen LogP contribution >= 0.6 is 0 Å². The van der Waals surface area contributed by atoms with Crippen LogP contribution in [0.3, 0.4) is 0 Å². The van der Waals surface area contributed by atoms with Gasteiger partial charge in [-0.25, -0.2) is 0 Å². The van der Waals surface area contributed by atoms with Gasteiger partial charge in [-0.15, -0.1) is 0 Å². The number of nitrogens with two attached hydrogens (primary N) is 1. The van der Waals surface area contributed by atoms with Gasteiger partial charge < -0.3 is 15.7 Å². The van der Waals surface area contributed by atoms with Crippen LogP contribution in [0, 0.1) is 13.8 Å². The molecule has 0 aliphatic heterocycles. The lowest BCUT2D eigenvalue weighted by atomic mass is 10.1. The Kier molecular flexibility index (Phi) is 4.25. The van der Waals surface area contributed by atoms with Gasteiger partial charge in [0.1, 0.15) is 12.4 Å². The first kappa shape index (κ1) is 13.9. The quantitative estimate of drug-likeness (QED) is 0.388. The van der Waals surface area contributed by atoms with E-state index >= 15 is 0 Å². The first-order valence-electron chi connectivity index (χ1n) is 6.37. The molecule has 3 N–H and O–H groups in total. The highest BCUT2D eigenvalue weighted by atomic mass is 16.5. The number of hydrogen-bond donors (Lipinski definition) is 2. The minimum absolute atomic E-state index is 0.104. The second-order valence-electron chi connectivity index (χ2n) is 4.69. The number of nitrogens with zero attached hydrogens (tertiary/aromatic N) is 1. The first-order valence-corrected chi connectivity index (χ1v) is 6.37. The van der Waals surface area contributed by atoms with Gasteiger partial charge in [-0.05, 0) is 30.5 Å². The Hall–Kier alpha value is -2.49. The third kappa shape index (κ3) is 3.09. The van der Waals surface area contributed by atoms with Crippen LogP contribution in [0.5, 0.6) is 5.75 Å². The lowest BCUT2D eigenvalue weighted by Gasteiger charge is -2.12. The molecule has 4 nitrogen and oxygen atoms in total. The summed E-state index contributed by atoms with van der Waals surface area (Å²) in [4.78, 5) is 0. The van der Waals surface area contributed by atoms with Crippen molar-refractivity contribution in [2.24, 2.45) is 10.9 Å². The lowest BCUT2D eigenvalue weighted by Crippen LogP contribution is -2.12. The average molecular weight is 270 g/mol. The van der Waals surface area contributed by atoms with Gasteiger partial charge in [-0.1, -0.05) is 47.6 Å². The molecule has 0 aliphatic carbocycles. The van der Waals surface area contributed by atoms with E-state index in [1.807, 2.05) is 44.2 Å². The van der Waals surface area contributed by atoms with Crippen molar-refractivity contribution in [3.05, 3.63) is 64.7 Å². The molecule has 0 radical (unpaired) electrons. The van der Waals surface area contributed by atoms with Crippen LogP contribution in [0.4, 0.5) is 0 Å². The van der Waals surface area contributed by atoms with Gasteiger partial charge in [0.2, 0.25) is 0 Å². The maximum Gasteiger partial charge on any atom is 0.170 e. The number of rotatable bonds is 4. The van der Waals surface area contributed by atoms with Gasteiger partial charge in [0.15, 0.2) is 5.84 Å². The van der Waals surface area contributed by atoms with E-state index in [4.69, 9.17) is 15.7 Å². The van der Waals surface area contributed by atoms with E-state index in [-0.39, 0.29) is 5.84 Å². The van der Waals surface area contributed by atoms with E-state index in [1.165, 1.54) is 0 Å². The molecule has 4 heteroatoms. The highest BCUT2D eigenvalue weighted by molar-refractivity contribution is 5.96. The van der Waals surface area contributed by atoms with E-state index in [9.17, 15) is 0 Å². The summed E-state index contributed by atoms with van der Waals surface area (Å²) in [7, 11) is 0. The summed E-state index contributed by atoms with van der Waals surface area (Å²) >= 11 is 0. The topological polar surface area (TPSA) is 67.8 Å². The monoisotopic (exact) mass is 270 g/mol. The predicted octanol–water partition coefficient (Wildman–Crippen LogP) is 2.98. The highest BCUT2D eigenvalue weighted by Gasteiger charge is 2.04. The maximum atomic E-state index is 8.61. The zero-order chi connectivity index (χ0) is 14.5. The molecule has 0 heterocycles. The molecule has 0 spiro atoms. The summed E-state index contributed by atoms with van der Waals surface area (Å²) in [6, 6.07) is 13.5. The van der Waals surface area contributed by atoms with Crippen LogP contribution in [-0.2, 0) is 6.61 Å². The molecular weight excluding hydrogens is 252 g/mol. The molecule has 0 atom stereocenters. The molecule has 0 bridgehead atoms. The molecule has 0 unspecified atom stereocenters. The summed E-state index contributed by atoms with van der Waals surface area (Å²) in [6.07, 6.45) is 0. The van der Waals surface area contributed by atoms with E-state index in [0.717, 1.165) is 22.4 Å². The minimum atomic E-state index is 0.104. The number of hydrogen-bond acceptors (Lipinski definition) is 3. The summed E-state index contributed by atoms with van der Waals surface area (Å²) in [5.74, 6) is 1.03. The predicted molar refractivity (Wildman–Crippen MR) is 79.2 cm³/mol. The fraction of sp³-hybridized carbons (Fsp3) is 0.188. The van der Waals surface area contributed by atoms with Crippen LogP contribution in [0.25, 0.3) is 0 Å². The first-order chi connectivity index (χ1) is 9.61. The molecule has 104 valence electrons. The van der Waals surface area contributed by atoms with Crippen molar-refractivity contribution in [1.29, 1.82) is 0 Å². The van der Waals surface area contributed by atoms with Crippen LogP contribution in [0.15, 0.2) is 47.6 Å². The van der Waals surface area contributed by atoms with Crippen LogP contribution < -0.4 is 10.5 Å². The molecule has 0 aliphatic rings. The third-order valence-corrected chi connectivity index (χ3v) is 3.15. The van der Waals surface area contributed by atoms with Gasteiger partial charge in [0.25, 0.3) is 0 Å². The maximum absolute atomic E-state index is 8.61. The second-order valence-corrected chi connectivity index (χ2v) is 4.69. The summed E-state index contributed by atoms with van der Waals surface area (Å²) in [5.41, 5.74) is 9.48.